The Kier molecular flexibility index (Phi) is 25.7. The molecule has 1 N–H and O–H groups in total. The fourth-order valence-electron chi connectivity index (χ4n) is 3.74. The van der Waals surface area contributed by atoms with Crippen molar-refractivity contribution in [2.45, 2.75) is 142 Å². The summed E-state index contributed by atoms with van der Waals surface area (Å²) in [6, 6.07) is 0. The zero-order valence-electron chi connectivity index (χ0n) is 21.5. The van der Waals surface area contributed by atoms with Gasteiger partial charge in [0.25, 0.3) is 0 Å². The summed E-state index contributed by atoms with van der Waals surface area (Å²) in [5.74, 6) is -0.208. The van der Waals surface area contributed by atoms with Crippen molar-refractivity contribution in [3.63, 3.8) is 0 Å². The molecule has 0 aliphatic carbocycles. The van der Waals surface area contributed by atoms with Crippen LogP contribution in [0, 0.1) is 0 Å². The predicted molar refractivity (Wildman–Crippen MR) is 136 cm³/mol. The van der Waals surface area contributed by atoms with Crippen LogP contribution >= 0.6 is 0 Å². The van der Waals surface area contributed by atoms with E-state index in [1.165, 1.54) is 96.3 Å². The normalized spacial score (nSPS) is 12.5. The number of esters is 1. The van der Waals surface area contributed by atoms with Crippen LogP contribution in [0.4, 0.5) is 0 Å². The number of hydrogen-bond donors (Lipinski definition) is 1. The van der Waals surface area contributed by atoms with Crippen LogP contribution in [0.1, 0.15) is 136 Å². The number of ether oxygens (including phenoxy) is 2. The Morgan fingerprint density at radius 1 is 0.719 bits per heavy atom. The SMILES string of the molecule is CCC/C=C\CCCCCCCCOCC(CO)OC(=O)CCCCCCCCCCC. The van der Waals surface area contributed by atoms with Crippen LogP contribution in [0.25, 0.3) is 0 Å². The van der Waals surface area contributed by atoms with E-state index in [1.54, 1.807) is 0 Å². The first-order valence-electron chi connectivity index (χ1n) is 13.8. The third kappa shape index (κ3) is 23.8. The zero-order chi connectivity index (χ0) is 23.5. The highest BCUT2D eigenvalue weighted by molar-refractivity contribution is 5.69. The van der Waals surface area contributed by atoms with Crippen LogP contribution in [0.5, 0.6) is 0 Å². The van der Waals surface area contributed by atoms with Crippen molar-refractivity contribution in [2.24, 2.45) is 0 Å². The van der Waals surface area contributed by atoms with Crippen LogP contribution in [0.2, 0.25) is 0 Å². The third-order valence-electron chi connectivity index (χ3n) is 5.82. The Labute approximate surface area is 199 Å². The fraction of sp³-hybridized carbons (Fsp3) is 0.893. The largest absolute Gasteiger partial charge is 0.457 e. The number of aliphatic hydroxyl groups is 1. The smallest absolute Gasteiger partial charge is 0.306 e. The van der Waals surface area contributed by atoms with Gasteiger partial charge in [0, 0.05) is 13.0 Å². The van der Waals surface area contributed by atoms with Crippen molar-refractivity contribution in [1.29, 1.82) is 0 Å². The number of aliphatic hydroxyl groups excluding tert-OH is 1. The van der Waals surface area contributed by atoms with Crippen LogP contribution in [-0.4, -0.2) is 37.0 Å². The molecule has 0 bridgehead atoms. The molecular weight excluding hydrogens is 400 g/mol. The van der Waals surface area contributed by atoms with Crippen molar-refractivity contribution in [3.05, 3.63) is 12.2 Å². The summed E-state index contributed by atoms with van der Waals surface area (Å²) in [6.07, 6.45) is 26.6. The lowest BCUT2D eigenvalue weighted by Gasteiger charge is -2.15. The van der Waals surface area contributed by atoms with Crippen LogP contribution in [-0.2, 0) is 14.3 Å². The molecule has 0 rings (SSSR count). The van der Waals surface area contributed by atoms with Gasteiger partial charge < -0.3 is 14.6 Å². The first-order valence-corrected chi connectivity index (χ1v) is 13.8. The van der Waals surface area contributed by atoms with Gasteiger partial charge in [-0.05, 0) is 32.1 Å². The topological polar surface area (TPSA) is 55.8 Å². The molecular formula is C28H54O4. The van der Waals surface area contributed by atoms with Crippen LogP contribution < -0.4 is 0 Å². The maximum Gasteiger partial charge on any atom is 0.306 e. The van der Waals surface area contributed by atoms with E-state index in [1.807, 2.05) is 0 Å². The summed E-state index contributed by atoms with van der Waals surface area (Å²) in [7, 11) is 0. The van der Waals surface area contributed by atoms with Crippen molar-refractivity contribution in [3.8, 4) is 0 Å². The van der Waals surface area contributed by atoms with Gasteiger partial charge in [0.05, 0.1) is 13.2 Å². The number of carbonyl (C=O) groups excluding carboxylic acids is 1. The molecule has 0 amide bonds. The monoisotopic (exact) mass is 454 g/mol. The summed E-state index contributed by atoms with van der Waals surface area (Å²) in [4.78, 5) is 12.0. The van der Waals surface area contributed by atoms with E-state index in [9.17, 15) is 9.90 Å². The second-order valence-corrected chi connectivity index (χ2v) is 9.12. The standard InChI is InChI=1S/C28H54O4/c1-3-5-7-9-11-13-14-16-18-20-22-24-31-26-27(25-29)32-28(30)23-21-19-17-15-12-10-8-6-4-2/h7,9,27,29H,3-6,8,10-26H2,1-2H3/b9-7-. The number of hydrogen-bond acceptors (Lipinski definition) is 4. The van der Waals surface area contributed by atoms with Crippen molar-refractivity contribution >= 4 is 5.97 Å². The van der Waals surface area contributed by atoms with E-state index < -0.39 is 6.10 Å². The Balaban J connectivity index is 3.46. The minimum atomic E-state index is -0.526. The second kappa shape index (κ2) is 26.4. The lowest BCUT2D eigenvalue weighted by atomic mass is 10.1. The van der Waals surface area contributed by atoms with Gasteiger partial charge >= 0.3 is 5.97 Å². The number of allylic oxidation sites excluding steroid dienone is 2. The quantitative estimate of drug-likeness (QED) is 0.0864. The first-order chi connectivity index (χ1) is 15.7. The van der Waals surface area contributed by atoms with Gasteiger partial charge in [0.1, 0.15) is 6.10 Å². The minimum absolute atomic E-state index is 0.170. The molecule has 1 atom stereocenters. The number of carbonyl (C=O) groups is 1. The van der Waals surface area contributed by atoms with Crippen LogP contribution in [0.15, 0.2) is 12.2 Å². The predicted octanol–water partition coefficient (Wildman–Crippen LogP) is 7.92. The van der Waals surface area contributed by atoms with Gasteiger partial charge in [-0.25, -0.2) is 0 Å². The Morgan fingerprint density at radius 2 is 1.28 bits per heavy atom. The summed E-state index contributed by atoms with van der Waals surface area (Å²) in [5.41, 5.74) is 0. The Bertz CT molecular complexity index is 408. The van der Waals surface area contributed by atoms with E-state index in [0.717, 1.165) is 19.3 Å². The lowest BCUT2D eigenvalue weighted by Crippen LogP contribution is -2.27. The van der Waals surface area contributed by atoms with E-state index in [4.69, 9.17) is 9.47 Å². The molecule has 0 radical (unpaired) electrons. The van der Waals surface area contributed by atoms with Gasteiger partial charge in [-0.1, -0.05) is 109 Å². The molecule has 0 saturated heterocycles. The lowest BCUT2D eigenvalue weighted by molar-refractivity contribution is -0.154. The molecule has 0 aliphatic rings. The van der Waals surface area contributed by atoms with Gasteiger partial charge in [0.2, 0.25) is 0 Å². The van der Waals surface area contributed by atoms with Gasteiger partial charge in [-0.15, -0.1) is 0 Å². The zero-order valence-corrected chi connectivity index (χ0v) is 21.5. The molecule has 0 heterocycles. The average molecular weight is 455 g/mol. The molecule has 190 valence electrons. The molecule has 0 aromatic heterocycles. The van der Waals surface area contributed by atoms with Crippen molar-refractivity contribution < 1.29 is 19.4 Å². The molecule has 0 fully saturated rings. The molecule has 1 unspecified atom stereocenters. The molecule has 0 aromatic carbocycles. The van der Waals surface area contributed by atoms with E-state index in [-0.39, 0.29) is 12.6 Å². The van der Waals surface area contributed by atoms with Crippen molar-refractivity contribution in [2.75, 3.05) is 19.8 Å². The Hall–Kier alpha value is -0.870. The molecule has 0 spiro atoms. The molecule has 0 aromatic rings. The molecule has 32 heavy (non-hydrogen) atoms. The average Bonchev–Trinajstić information content (AvgIpc) is 2.80. The second-order valence-electron chi connectivity index (χ2n) is 9.12. The van der Waals surface area contributed by atoms with Crippen molar-refractivity contribution in [1.82, 2.24) is 0 Å². The van der Waals surface area contributed by atoms with E-state index in [0.29, 0.717) is 19.6 Å². The summed E-state index contributed by atoms with van der Waals surface area (Å²) in [5, 5.41) is 9.43. The summed E-state index contributed by atoms with van der Waals surface area (Å²) in [6.45, 7) is 5.25. The molecule has 4 nitrogen and oxygen atoms in total. The van der Waals surface area contributed by atoms with Crippen LogP contribution in [0.3, 0.4) is 0 Å². The number of unbranched alkanes of at least 4 members (excludes halogenated alkanes) is 15. The first kappa shape index (κ1) is 31.1. The highest BCUT2D eigenvalue weighted by Gasteiger charge is 2.13. The van der Waals surface area contributed by atoms with Gasteiger partial charge in [-0.2, -0.15) is 0 Å². The Morgan fingerprint density at radius 3 is 1.91 bits per heavy atom. The van der Waals surface area contributed by atoms with Gasteiger partial charge in [-0.3, -0.25) is 4.79 Å². The fourth-order valence-corrected chi connectivity index (χ4v) is 3.74. The third-order valence-corrected chi connectivity index (χ3v) is 5.82. The van der Waals surface area contributed by atoms with E-state index >= 15 is 0 Å². The molecule has 0 saturated carbocycles. The summed E-state index contributed by atoms with van der Waals surface area (Å²) >= 11 is 0. The van der Waals surface area contributed by atoms with Gasteiger partial charge in [0.15, 0.2) is 0 Å². The van der Waals surface area contributed by atoms with E-state index in [2.05, 4.69) is 26.0 Å². The summed E-state index contributed by atoms with van der Waals surface area (Å²) < 4.78 is 11.0. The molecule has 0 aliphatic heterocycles. The minimum Gasteiger partial charge on any atom is -0.457 e. The highest BCUT2D eigenvalue weighted by atomic mass is 16.6. The number of rotatable bonds is 25. The maximum absolute atomic E-state index is 12.0. The highest BCUT2D eigenvalue weighted by Crippen LogP contribution is 2.11. The maximum atomic E-state index is 12.0. The molecule has 4 heteroatoms.